The molecule has 50 heavy (non-hydrogen) atoms. The molecule has 0 radical (unpaired) electrons. The first kappa shape index (κ1) is 45.9. The highest BCUT2D eigenvalue weighted by Gasteiger charge is 2.24. The number of para-hydroxylation sites is 1. The van der Waals surface area contributed by atoms with E-state index in [1.807, 2.05) is 85.9 Å². The van der Waals surface area contributed by atoms with Gasteiger partial charge in [-0.1, -0.05) is 110 Å². The van der Waals surface area contributed by atoms with Crippen LogP contribution in [-0.2, 0) is 11.2 Å². The summed E-state index contributed by atoms with van der Waals surface area (Å²) in [6, 6.07) is 8.92. The molecule has 5 rings (SSSR count). The van der Waals surface area contributed by atoms with Crippen LogP contribution in [0.4, 0.5) is 0 Å². The van der Waals surface area contributed by atoms with E-state index >= 15 is 0 Å². The van der Waals surface area contributed by atoms with Crippen LogP contribution in [0, 0.1) is 11.3 Å². The Kier molecular flexibility index (Phi) is 24.5. The van der Waals surface area contributed by atoms with Gasteiger partial charge in [0.25, 0.3) is 0 Å². The van der Waals surface area contributed by atoms with Crippen molar-refractivity contribution in [2.45, 2.75) is 127 Å². The van der Waals surface area contributed by atoms with Gasteiger partial charge in [0.2, 0.25) is 0 Å². The Morgan fingerprint density at radius 1 is 1.08 bits per heavy atom. The number of carbonyl (C=O) groups is 1. The van der Waals surface area contributed by atoms with Gasteiger partial charge < -0.3 is 10.1 Å². The van der Waals surface area contributed by atoms with Crippen LogP contribution in [-0.4, -0.2) is 53.2 Å². The van der Waals surface area contributed by atoms with Crippen LogP contribution < -0.4 is 10.1 Å². The molecule has 2 aliphatic heterocycles. The molecular weight excluding hydrogens is 619 g/mol. The van der Waals surface area contributed by atoms with Gasteiger partial charge in [-0.3, -0.25) is 14.8 Å². The van der Waals surface area contributed by atoms with Crippen molar-refractivity contribution in [3.63, 3.8) is 0 Å². The van der Waals surface area contributed by atoms with E-state index in [0.29, 0.717) is 12.5 Å². The number of methoxy groups -OCH3 is 1. The van der Waals surface area contributed by atoms with E-state index in [2.05, 4.69) is 78.5 Å². The minimum atomic E-state index is -0.147. The number of carbonyl (C=O) groups excluding carboxylic acids is 1. The van der Waals surface area contributed by atoms with Crippen LogP contribution in [0.1, 0.15) is 114 Å². The summed E-state index contributed by atoms with van der Waals surface area (Å²) in [5.74, 6) is 1.23. The zero-order chi connectivity index (χ0) is 38.1. The average Bonchev–Trinajstić information content (AvgIpc) is 3.67. The second-order valence-corrected chi connectivity index (χ2v) is 11.4. The van der Waals surface area contributed by atoms with Crippen LogP contribution in [0.5, 0.6) is 5.75 Å². The lowest BCUT2D eigenvalue weighted by molar-refractivity contribution is -0.115. The molecule has 1 aliphatic carbocycles. The maximum absolute atomic E-state index is 11.9. The topological polar surface area (TPSA) is 94.0 Å². The second-order valence-electron chi connectivity index (χ2n) is 11.4. The molecule has 1 aromatic heterocycles. The van der Waals surface area contributed by atoms with E-state index in [9.17, 15) is 4.79 Å². The highest BCUT2D eigenvalue weighted by Crippen LogP contribution is 2.32. The summed E-state index contributed by atoms with van der Waals surface area (Å²) >= 11 is 0. The Morgan fingerprint density at radius 2 is 1.78 bits per heavy atom. The van der Waals surface area contributed by atoms with Gasteiger partial charge >= 0.3 is 0 Å². The normalized spacial score (nSPS) is 17.3. The molecule has 276 valence electrons. The number of dihydropyridines is 1. The zero-order valence-electron chi connectivity index (χ0n) is 33.5. The van der Waals surface area contributed by atoms with E-state index in [1.54, 1.807) is 13.3 Å². The minimum Gasteiger partial charge on any atom is -0.496 e. The first-order valence-corrected chi connectivity index (χ1v) is 18.8. The van der Waals surface area contributed by atoms with Crippen LogP contribution >= 0.6 is 0 Å². The molecule has 2 atom stereocenters. The lowest BCUT2D eigenvalue weighted by Crippen LogP contribution is -2.48. The number of aryl methyl sites for hydroxylation is 1. The number of nitrogens with zero attached hydrogens (tertiary/aromatic N) is 3. The van der Waals surface area contributed by atoms with Gasteiger partial charge in [-0.05, 0) is 69.7 Å². The summed E-state index contributed by atoms with van der Waals surface area (Å²) < 4.78 is 5.45. The number of Topliss-reactive ketones (excluding diaryl/α,β-unsaturated/α-hetero) is 1. The Bertz CT molecular complexity index is 1450. The quantitative estimate of drug-likeness (QED) is 0.287. The number of nitrogens with one attached hydrogen (secondary N) is 2. The molecule has 2 unspecified atom stereocenters. The molecule has 1 saturated heterocycles. The molecule has 2 aromatic rings. The second kappa shape index (κ2) is 26.7. The summed E-state index contributed by atoms with van der Waals surface area (Å²) in [6.07, 6.45) is 18.7. The monoisotopic (exact) mass is 686 g/mol. The summed E-state index contributed by atoms with van der Waals surface area (Å²) in [6.45, 7) is 26.7. The number of nitriles is 1. The number of H-pyrrole nitrogens is 1. The largest absolute Gasteiger partial charge is 0.496 e. The van der Waals surface area contributed by atoms with Crippen molar-refractivity contribution >= 4 is 5.78 Å². The fraction of sp³-hybridized carbons (Fsp3) is 0.512. The van der Waals surface area contributed by atoms with Gasteiger partial charge in [-0.25, -0.2) is 0 Å². The lowest BCUT2D eigenvalue weighted by Gasteiger charge is -2.39. The fourth-order valence-electron chi connectivity index (χ4n) is 5.56. The Morgan fingerprint density at radius 3 is 2.28 bits per heavy atom. The van der Waals surface area contributed by atoms with E-state index < -0.39 is 0 Å². The summed E-state index contributed by atoms with van der Waals surface area (Å²) in [7, 11) is 1.71. The third kappa shape index (κ3) is 14.4. The molecule has 3 aliphatic rings. The first-order valence-electron chi connectivity index (χ1n) is 18.8. The third-order valence-electron chi connectivity index (χ3n) is 8.29. The molecule has 0 bridgehead atoms. The minimum absolute atomic E-state index is 0.147. The number of hydrogen-bond acceptors (Lipinski definition) is 6. The molecule has 7 nitrogen and oxygen atoms in total. The number of rotatable bonds is 8. The molecule has 0 spiro atoms. The number of hydrogen-bond donors (Lipinski definition) is 2. The van der Waals surface area contributed by atoms with Crippen LogP contribution in [0.15, 0.2) is 89.0 Å². The number of aromatic amines is 1. The predicted molar refractivity (Wildman–Crippen MR) is 214 cm³/mol. The molecule has 2 N–H and O–H groups in total. The smallest absolute Gasteiger partial charge is 0.162 e. The van der Waals surface area contributed by atoms with Crippen molar-refractivity contribution in [2.75, 3.05) is 20.2 Å². The molecule has 1 aromatic carbocycles. The van der Waals surface area contributed by atoms with Gasteiger partial charge in [0.1, 0.15) is 11.8 Å². The zero-order valence-corrected chi connectivity index (χ0v) is 33.5. The molecule has 0 saturated carbocycles. The van der Waals surface area contributed by atoms with Crippen molar-refractivity contribution in [1.29, 1.82) is 5.26 Å². The number of ether oxygens (including phenoxy) is 1. The lowest BCUT2D eigenvalue weighted by atomic mass is 9.93. The average molecular weight is 686 g/mol. The van der Waals surface area contributed by atoms with E-state index in [-0.39, 0.29) is 11.8 Å². The van der Waals surface area contributed by atoms with E-state index in [1.165, 1.54) is 29.7 Å². The summed E-state index contributed by atoms with van der Waals surface area (Å²) in [5.41, 5.74) is 9.18. The van der Waals surface area contributed by atoms with E-state index in [0.717, 1.165) is 59.5 Å². The SMILES string of the molecule is CC.CC.CC.CC1CCN1CC1=CC=CC(C#N)N1.CCC(=O)C1=C(CC)CC=C(C)C=C1C.CCc1cccc(-c2cn[nH]c2)c1OC. The van der Waals surface area contributed by atoms with Crippen LogP contribution in [0.25, 0.3) is 11.1 Å². The van der Waals surface area contributed by atoms with Crippen molar-refractivity contribution < 1.29 is 9.53 Å². The Hall–Kier alpha value is -4.15. The molecule has 0 amide bonds. The number of ketones is 1. The number of benzene rings is 1. The van der Waals surface area contributed by atoms with Crippen molar-refractivity contribution in [2.24, 2.45) is 0 Å². The van der Waals surface area contributed by atoms with Crippen molar-refractivity contribution in [1.82, 2.24) is 20.4 Å². The van der Waals surface area contributed by atoms with Crippen LogP contribution in [0.3, 0.4) is 0 Å². The first-order chi connectivity index (χ1) is 24.3. The number of likely N-dealkylation sites (tertiary alicyclic amines) is 1. The predicted octanol–water partition coefficient (Wildman–Crippen LogP) is 10.7. The van der Waals surface area contributed by atoms with Gasteiger partial charge in [0.15, 0.2) is 5.78 Å². The summed E-state index contributed by atoms with van der Waals surface area (Å²) in [5, 5.41) is 18.7. The maximum atomic E-state index is 11.9. The highest BCUT2D eigenvalue weighted by atomic mass is 16.5. The third-order valence-corrected chi connectivity index (χ3v) is 8.29. The Balaban J connectivity index is 0.000000669. The van der Waals surface area contributed by atoms with Crippen molar-refractivity contribution in [3.05, 3.63) is 94.5 Å². The molecule has 3 heterocycles. The Labute approximate surface area is 305 Å². The molecule has 7 heteroatoms. The number of allylic oxidation sites excluding steroid dienone is 8. The van der Waals surface area contributed by atoms with Crippen LogP contribution in [0.2, 0.25) is 0 Å². The van der Waals surface area contributed by atoms with Gasteiger partial charge in [0, 0.05) is 54.1 Å². The molecule has 1 fully saturated rings. The fourth-order valence-corrected chi connectivity index (χ4v) is 5.56. The molecular formula is C43H67N5O2. The standard InChI is InChI=1S/C14H20O.C12H14N2O.C11H15N3.3C2H6/c1-5-12-8-7-10(3)9-11(4)14(12)13(15)6-2;1-3-9-5-4-6-11(12(9)15-2)10-7-13-14-8-10;1-9-5-6-14(9)8-11-4-2-3-10(7-12)13-11;3*1-2/h7,9H,5-6,8H2,1-4H3;4-8H,3H2,1-2H3,(H,13,14);2-4,9-10,13H,5-6,8H2,1H3;3*1-2H3. The highest BCUT2D eigenvalue weighted by molar-refractivity contribution is 6.00. The van der Waals surface area contributed by atoms with Gasteiger partial charge in [-0.2, -0.15) is 10.4 Å². The maximum Gasteiger partial charge on any atom is 0.162 e. The van der Waals surface area contributed by atoms with Crippen molar-refractivity contribution in [3.8, 4) is 22.9 Å². The van der Waals surface area contributed by atoms with E-state index in [4.69, 9.17) is 10.00 Å². The number of aromatic nitrogens is 2. The van der Waals surface area contributed by atoms with Gasteiger partial charge in [0.05, 0.1) is 19.4 Å². The summed E-state index contributed by atoms with van der Waals surface area (Å²) in [4.78, 5) is 14.3. The van der Waals surface area contributed by atoms with Gasteiger partial charge in [-0.15, -0.1) is 0 Å².